The van der Waals surface area contributed by atoms with Crippen LogP contribution in [0.15, 0.2) is 45.6 Å². The number of fused-ring (bicyclic) bond motifs is 12. The standard InChI is InChI=1S/C35H54N2O4.C28H41NO2.C7H13NO3.C4H6O3.C2H3O.2CH4.BO.Na.H2O/c1-21-16-30-31(37(20-21)15-14-36-32(39)41-33(4,5)6)23(3)35(40-30)13-11-26-27-9-8-24-17-25(38)10-12-34(24,7)29(27)18-28(26)22(2)19-35;1-16-11-25-26(29-15-16)18(3)28(31-25)10-8-21-22-6-5-19-12-20(30)7-9-27(19,4)24(22)13-23(21)17(2)14-28;1-7(2,3)11-6(10)8-4-5-9;1-3(5)7-4(2)6;1-2-3;;;1-2;;/h17,21,23,26-27,29-31H,8-16,18-20H2,1-7H3,(H,36,39);12,16,18,21-22,24-26,29H,5-11,13-15H2,1-4H3;5H,4H2,1-3H3,(H,8,10);1-2H3;1H3;2*1H4;;;1H2/q;;;;-1;;;;+1;/t21-,23+,26-,27-,29-,30+,31-,34-,35-;16-,18+,21-,22-,24-,25+,26-,27-,28-;;;;;;;;/m00......../s1. The molecule has 8 fully saturated rings. The zero-order chi connectivity index (χ0) is 70.3. The number of rotatable bonds is 5. The zero-order valence-electron chi connectivity index (χ0n) is 62.3. The second-order valence-corrected chi connectivity index (χ2v) is 32.8. The molecule has 4 saturated carbocycles. The average Bonchev–Trinajstić information content (AvgIpc) is 1.59. The molecule has 4 heterocycles. The Balaban J connectivity index is 0.000000387. The molecule has 2 spiro atoms. The van der Waals surface area contributed by atoms with Crippen molar-refractivity contribution in [2.75, 3.05) is 32.7 Å². The van der Waals surface area contributed by atoms with E-state index in [2.05, 4.69) is 88.7 Å². The number of hydrogen-bond donors (Lipinski definition) is 3. The maximum atomic E-state index is 12.3. The van der Waals surface area contributed by atoms with Gasteiger partial charge in [0.2, 0.25) is 0 Å². The van der Waals surface area contributed by atoms with Crippen molar-refractivity contribution in [2.24, 2.45) is 70.0 Å². The number of aldehydes is 1. The predicted octanol–water partition coefficient (Wildman–Crippen LogP) is 10.3. The van der Waals surface area contributed by atoms with E-state index in [9.17, 15) is 33.6 Å². The van der Waals surface area contributed by atoms with E-state index in [4.69, 9.17) is 28.4 Å². The van der Waals surface area contributed by atoms with Gasteiger partial charge in [0.1, 0.15) is 17.5 Å². The first-order chi connectivity index (χ1) is 44.6. The van der Waals surface area contributed by atoms with Crippen LogP contribution in [0.5, 0.6) is 0 Å². The van der Waals surface area contributed by atoms with E-state index in [1.54, 1.807) is 43.1 Å². The fourth-order valence-corrected chi connectivity index (χ4v) is 20.1. The van der Waals surface area contributed by atoms with E-state index >= 15 is 0 Å². The number of amides is 2. The maximum Gasteiger partial charge on any atom is 1.00 e. The van der Waals surface area contributed by atoms with Gasteiger partial charge in [-0.1, -0.05) is 89.8 Å². The summed E-state index contributed by atoms with van der Waals surface area (Å²) in [5.41, 5.74) is 9.16. The summed E-state index contributed by atoms with van der Waals surface area (Å²) in [7, 11) is 3.25. The molecule has 553 valence electrons. The Bertz CT molecular complexity index is 2940. The Morgan fingerprint density at radius 3 is 1.57 bits per heavy atom. The molecule has 0 aromatic heterocycles. The second kappa shape index (κ2) is 37.1. The van der Waals surface area contributed by atoms with Gasteiger partial charge in [0.15, 0.2) is 11.6 Å². The Morgan fingerprint density at radius 2 is 1.13 bits per heavy atom. The minimum absolute atomic E-state index is 0. The molecule has 12 aliphatic rings. The van der Waals surface area contributed by atoms with Gasteiger partial charge in [-0.3, -0.25) is 30.4 Å². The summed E-state index contributed by atoms with van der Waals surface area (Å²) in [6.45, 7) is 37.7. The van der Waals surface area contributed by atoms with Gasteiger partial charge in [-0.2, -0.15) is 6.92 Å². The van der Waals surface area contributed by atoms with Crippen LogP contribution < -0.4 is 45.5 Å². The Kier molecular flexibility index (Phi) is 33.4. The summed E-state index contributed by atoms with van der Waals surface area (Å²) in [5.74, 6) is 6.38. The SMILES string of the molecule is C.C.CC(=O)OC(C)=O.CC(C)(C)OC(=O)NCC=O.CC1=C2C[C@H]3[C@@H](CCC4=CC(=O)CC[C@@]43C)[C@@H]2CC[C@@]2(C1)O[C@@H]1C[C@H](C)CN(CCNC(=O)OC(C)(C)C)[C@H]1[C@H]2C.CC1=C2C[C@H]3[C@@H](CCC4=CC(=O)CC[C@@]43C)[C@@H]2CC[C@@]2(C1)O[C@@H]1C[C@H](C)CN[C@H]1[C@H]2C.C[C-]=O.O.[B]=O.[Na+]. The number of carbonyl (C=O) groups excluding carboxylic acids is 8. The van der Waals surface area contributed by atoms with Crippen molar-refractivity contribution in [3.63, 3.8) is 0 Å². The van der Waals surface area contributed by atoms with E-state index < -0.39 is 29.2 Å². The van der Waals surface area contributed by atoms with Crippen LogP contribution in [-0.2, 0) is 57.2 Å². The van der Waals surface area contributed by atoms with Crippen molar-refractivity contribution in [2.45, 2.75) is 295 Å². The minimum Gasteiger partial charge on any atom is 1.00 e. The number of allylic oxidation sites excluding steroid dienone is 6. The molecule has 18 atom stereocenters. The number of ketones is 2. The molecule has 12 rings (SSSR count). The van der Waals surface area contributed by atoms with Crippen molar-refractivity contribution in [1.29, 1.82) is 0 Å². The fourth-order valence-electron chi connectivity index (χ4n) is 20.1. The molecule has 1 radical (unpaired) electrons. The van der Waals surface area contributed by atoms with E-state index in [0.717, 1.165) is 113 Å². The Hall–Kier alpha value is -4.02. The molecule has 0 bridgehead atoms. The van der Waals surface area contributed by atoms with Gasteiger partial charge in [-0.25, -0.2) is 9.59 Å². The zero-order valence-corrected chi connectivity index (χ0v) is 64.3. The Labute approximate surface area is 618 Å². The van der Waals surface area contributed by atoms with Gasteiger partial charge in [-0.15, -0.1) is 0 Å². The quantitative estimate of drug-likeness (QED) is 0.0439. The van der Waals surface area contributed by atoms with Crippen LogP contribution in [0, 0.1) is 70.0 Å². The first kappa shape index (κ1) is 89.2. The van der Waals surface area contributed by atoms with Crippen LogP contribution in [-0.4, -0.2) is 146 Å². The number of alkyl carbamates (subject to hydrolysis) is 2. The third-order valence-electron chi connectivity index (χ3n) is 24.2. The Morgan fingerprint density at radius 1 is 0.697 bits per heavy atom. The van der Waals surface area contributed by atoms with Gasteiger partial charge < -0.3 is 54.7 Å². The molecule has 8 aliphatic carbocycles. The van der Waals surface area contributed by atoms with Crippen LogP contribution in [0.25, 0.3) is 0 Å². The molecule has 0 aromatic carbocycles. The van der Waals surface area contributed by atoms with Crippen LogP contribution in [0.3, 0.4) is 0 Å². The summed E-state index contributed by atoms with van der Waals surface area (Å²) in [6, 6.07) is 0.942. The number of ether oxygens (including phenoxy) is 5. The van der Waals surface area contributed by atoms with Gasteiger partial charge in [0.25, 0.3) is 0 Å². The first-order valence-corrected chi connectivity index (χ1v) is 35.9. The fraction of sp³-hybridized carbons (Fsp3) is 0.795. The number of nitrogens with zero attached hydrogens (tertiary/aromatic N) is 1. The number of carbonyl (C=O) groups is 7. The first-order valence-electron chi connectivity index (χ1n) is 35.9. The molecule has 2 amide bonds. The number of piperidine rings is 2. The predicted molar refractivity (Wildman–Crippen MR) is 383 cm³/mol. The summed E-state index contributed by atoms with van der Waals surface area (Å²) >= 11 is 0. The molecule has 19 nitrogen and oxygen atoms in total. The van der Waals surface area contributed by atoms with Crippen LogP contribution in [0.4, 0.5) is 9.59 Å². The van der Waals surface area contributed by atoms with Crippen molar-refractivity contribution < 1.29 is 102 Å². The largest absolute Gasteiger partial charge is 1.00 e. The molecule has 0 unspecified atom stereocenters. The van der Waals surface area contributed by atoms with Crippen molar-refractivity contribution in [3.05, 3.63) is 45.6 Å². The molecule has 21 heteroatoms. The van der Waals surface area contributed by atoms with Gasteiger partial charge >= 0.3 is 66.1 Å². The molecular formula is C78H127BN4NaO15. The average molecular weight is 1390 g/mol. The van der Waals surface area contributed by atoms with Crippen molar-refractivity contribution in [1.82, 2.24) is 20.9 Å². The molecule has 0 aromatic rings. The third kappa shape index (κ3) is 20.9. The maximum absolute atomic E-state index is 12.3. The van der Waals surface area contributed by atoms with E-state index in [0.29, 0.717) is 72.2 Å². The smallest absolute Gasteiger partial charge is 1.00 e. The second-order valence-electron chi connectivity index (χ2n) is 32.8. The molecule has 5 N–H and O–H groups in total. The summed E-state index contributed by atoms with van der Waals surface area (Å²) in [6.07, 6.45) is 26.3. The number of nitrogens with one attached hydrogen (secondary N) is 3. The molecule has 4 aliphatic heterocycles. The number of esters is 2. The third-order valence-corrected chi connectivity index (χ3v) is 24.2. The number of likely N-dealkylation sites (tertiary alicyclic amines) is 1. The van der Waals surface area contributed by atoms with E-state index in [1.165, 1.54) is 89.6 Å². The summed E-state index contributed by atoms with van der Waals surface area (Å²) < 4.78 is 36.3. The summed E-state index contributed by atoms with van der Waals surface area (Å²) in [4.78, 5) is 88.1. The van der Waals surface area contributed by atoms with Gasteiger partial charge in [0.05, 0.1) is 30.0 Å². The molecule has 99 heavy (non-hydrogen) atoms. The monoisotopic (exact) mass is 1390 g/mol. The minimum atomic E-state index is -0.565. The van der Waals surface area contributed by atoms with Crippen molar-refractivity contribution in [3.8, 4) is 0 Å². The van der Waals surface area contributed by atoms with E-state index in [1.807, 2.05) is 32.9 Å². The number of hydrogen-bond acceptors (Lipinski definition) is 16. The molecular weight excluding hydrogens is 1270 g/mol. The van der Waals surface area contributed by atoms with E-state index in [-0.39, 0.29) is 90.7 Å². The normalized spacial score (nSPS) is 35.7. The van der Waals surface area contributed by atoms with Crippen LogP contribution in [0.1, 0.15) is 248 Å². The molecule has 4 saturated heterocycles. The van der Waals surface area contributed by atoms with Crippen LogP contribution in [0.2, 0.25) is 0 Å². The summed E-state index contributed by atoms with van der Waals surface area (Å²) in [5, 5.41) is 9.10. The van der Waals surface area contributed by atoms with Gasteiger partial charge in [-0.05, 0) is 235 Å². The van der Waals surface area contributed by atoms with Crippen molar-refractivity contribution >= 4 is 56.0 Å². The van der Waals surface area contributed by atoms with Gasteiger partial charge in [0, 0.05) is 70.2 Å². The van der Waals surface area contributed by atoms with Crippen LogP contribution >= 0.6 is 0 Å². The topological polar surface area (TPSA) is 271 Å².